The summed E-state index contributed by atoms with van der Waals surface area (Å²) in [6, 6.07) is 9.03. The van der Waals surface area contributed by atoms with Gasteiger partial charge in [0.05, 0.1) is 10.3 Å². The summed E-state index contributed by atoms with van der Waals surface area (Å²) in [4.78, 5) is 11.2. The molecule has 2 heterocycles. The molecule has 1 N–H and O–H groups in total. The molecule has 0 aliphatic heterocycles. The van der Waals surface area contributed by atoms with Gasteiger partial charge in [0.2, 0.25) is 0 Å². The number of anilines is 1. The molecule has 7 nitrogen and oxygen atoms in total. The van der Waals surface area contributed by atoms with E-state index in [1.807, 2.05) is 20.8 Å². The normalized spacial score (nSPS) is 24.9. The van der Waals surface area contributed by atoms with Crippen LogP contribution in [0.15, 0.2) is 47.8 Å². The first kappa shape index (κ1) is 21.5. The minimum atomic E-state index is -3.74. The van der Waals surface area contributed by atoms with Crippen LogP contribution < -0.4 is 4.90 Å². The highest BCUT2D eigenvalue weighted by Gasteiger charge is 2.54. The summed E-state index contributed by atoms with van der Waals surface area (Å²) in [5, 5.41) is 10.4. The molecule has 1 aromatic carbocycles. The van der Waals surface area contributed by atoms with Crippen LogP contribution in [0.25, 0.3) is 11.0 Å². The third-order valence-electron chi connectivity index (χ3n) is 7.34. The minimum absolute atomic E-state index is 0.217. The van der Waals surface area contributed by atoms with Crippen LogP contribution in [0.1, 0.15) is 31.2 Å². The molecule has 0 saturated heterocycles. The van der Waals surface area contributed by atoms with Crippen molar-refractivity contribution in [2.75, 3.05) is 11.9 Å². The SMILES string of the molecule is CB(O)CC1CC2(C1)CC(N(C)c1ncnc3c1ccn3S(=O)(=O)c1ccc(C)cc1)C2. The van der Waals surface area contributed by atoms with Crippen molar-refractivity contribution in [1.82, 2.24) is 13.9 Å². The predicted molar refractivity (Wildman–Crippen MR) is 127 cm³/mol. The molecule has 2 aliphatic rings. The van der Waals surface area contributed by atoms with Crippen molar-refractivity contribution in [1.29, 1.82) is 0 Å². The first-order chi connectivity index (χ1) is 15.2. The van der Waals surface area contributed by atoms with Crippen molar-refractivity contribution in [2.24, 2.45) is 11.3 Å². The van der Waals surface area contributed by atoms with Crippen LogP contribution in [0.2, 0.25) is 13.1 Å². The zero-order valence-corrected chi connectivity index (χ0v) is 19.6. The standard InChI is InChI=1S/C23H29BN4O3S/c1-16-4-6-19(7-5-16)32(30,31)28-9-8-20-21(25-15-26-22(20)28)27(3)18-12-23(13-18)10-17(11-23)14-24(2)29/h4-9,15,17-18,29H,10-14H2,1-3H3. The molecule has 2 fully saturated rings. The van der Waals surface area contributed by atoms with Gasteiger partial charge in [-0.2, -0.15) is 0 Å². The first-order valence-electron chi connectivity index (χ1n) is 11.2. The molecular formula is C23H29BN4O3S. The van der Waals surface area contributed by atoms with E-state index in [0.29, 0.717) is 23.0 Å². The van der Waals surface area contributed by atoms with Gasteiger partial charge in [0, 0.05) is 19.3 Å². The summed E-state index contributed by atoms with van der Waals surface area (Å²) in [6.07, 6.45) is 8.56. The Hall–Kier alpha value is -2.39. The van der Waals surface area contributed by atoms with Crippen LogP contribution in [-0.4, -0.2) is 47.4 Å². The minimum Gasteiger partial charge on any atom is -0.451 e. The van der Waals surface area contributed by atoms with Gasteiger partial charge in [-0.15, -0.1) is 0 Å². The molecule has 0 atom stereocenters. The maximum absolute atomic E-state index is 13.2. The van der Waals surface area contributed by atoms with E-state index in [-0.39, 0.29) is 11.8 Å². The summed E-state index contributed by atoms with van der Waals surface area (Å²) < 4.78 is 27.7. The Kier molecular flexibility index (Phi) is 5.09. The third kappa shape index (κ3) is 3.51. The van der Waals surface area contributed by atoms with E-state index in [1.165, 1.54) is 23.1 Å². The molecule has 0 amide bonds. The van der Waals surface area contributed by atoms with E-state index in [1.54, 1.807) is 36.5 Å². The lowest BCUT2D eigenvalue weighted by Gasteiger charge is -2.60. The van der Waals surface area contributed by atoms with E-state index >= 15 is 0 Å². The van der Waals surface area contributed by atoms with Gasteiger partial charge in [0.1, 0.15) is 12.1 Å². The zero-order chi connectivity index (χ0) is 22.7. The van der Waals surface area contributed by atoms with E-state index in [9.17, 15) is 13.4 Å². The Labute approximate surface area is 189 Å². The van der Waals surface area contributed by atoms with Crippen molar-refractivity contribution in [3.63, 3.8) is 0 Å². The fraction of sp³-hybridized carbons (Fsp3) is 0.478. The predicted octanol–water partition coefficient (Wildman–Crippen LogP) is 3.59. The van der Waals surface area contributed by atoms with Gasteiger partial charge in [-0.1, -0.05) is 24.5 Å². The second-order valence-corrected chi connectivity index (χ2v) is 11.7. The average molecular weight is 452 g/mol. The Morgan fingerprint density at radius 3 is 2.50 bits per heavy atom. The molecule has 2 aromatic heterocycles. The van der Waals surface area contributed by atoms with Crippen LogP contribution in [0.4, 0.5) is 5.82 Å². The van der Waals surface area contributed by atoms with Gasteiger partial charge in [0.15, 0.2) is 5.65 Å². The van der Waals surface area contributed by atoms with Gasteiger partial charge in [-0.05, 0) is 68.5 Å². The van der Waals surface area contributed by atoms with E-state index in [2.05, 4.69) is 14.9 Å². The van der Waals surface area contributed by atoms with E-state index in [0.717, 1.165) is 35.9 Å². The number of benzene rings is 1. The Bertz CT molecular complexity index is 1240. The largest absolute Gasteiger partial charge is 0.451 e. The maximum atomic E-state index is 13.2. The van der Waals surface area contributed by atoms with Gasteiger partial charge >= 0.3 is 0 Å². The second kappa shape index (κ2) is 7.59. The lowest BCUT2D eigenvalue weighted by molar-refractivity contribution is -0.0334. The van der Waals surface area contributed by atoms with Gasteiger partial charge in [-0.3, -0.25) is 0 Å². The fourth-order valence-electron chi connectivity index (χ4n) is 5.75. The quantitative estimate of drug-likeness (QED) is 0.576. The highest BCUT2D eigenvalue weighted by atomic mass is 32.2. The highest BCUT2D eigenvalue weighted by Crippen LogP contribution is 2.61. The Morgan fingerprint density at radius 1 is 1.16 bits per heavy atom. The zero-order valence-electron chi connectivity index (χ0n) is 18.8. The molecule has 0 unspecified atom stereocenters. The summed E-state index contributed by atoms with van der Waals surface area (Å²) in [5.74, 6) is 1.42. The van der Waals surface area contributed by atoms with Crippen molar-refractivity contribution in [2.45, 2.75) is 56.7 Å². The Balaban J connectivity index is 1.37. The number of hydrogen-bond acceptors (Lipinski definition) is 6. The number of hydrogen-bond donors (Lipinski definition) is 1. The van der Waals surface area contributed by atoms with E-state index < -0.39 is 10.0 Å². The van der Waals surface area contributed by atoms with Crippen molar-refractivity contribution in [3.8, 4) is 0 Å². The lowest BCUT2D eigenvalue weighted by Crippen LogP contribution is -2.56. The van der Waals surface area contributed by atoms with Gasteiger partial charge < -0.3 is 9.92 Å². The first-order valence-corrected chi connectivity index (χ1v) is 12.7. The molecule has 0 bridgehead atoms. The molecule has 168 valence electrons. The lowest BCUT2D eigenvalue weighted by atomic mass is 9.45. The average Bonchev–Trinajstić information content (AvgIpc) is 3.13. The molecule has 0 radical (unpaired) electrons. The van der Waals surface area contributed by atoms with Crippen LogP contribution in [0, 0.1) is 18.3 Å². The molecule has 2 aliphatic carbocycles. The number of rotatable bonds is 6. The van der Waals surface area contributed by atoms with Crippen LogP contribution in [0.5, 0.6) is 0 Å². The van der Waals surface area contributed by atoms with Gasteiger partial charge in [-0.25, -0.2) is 22.4 Å². The van der Waals surface area contributed by atoms with Crippen LogP contribution in [-0.2, 0) is 10.0 Å². The topological polar surface area (TPSA) is 88.3 Å². The number of fused-ring (bicyclic) bond motifs is 1. The monoisotopic (exact) mass is 452 g/mol. The molecule has 3 aromatic rings. The number of aryl methyl sites for hydroxylation is 1. The summed E-state index contributed by atoms with van der Waals surface area (Å²) >= 11 is 0. The summed E-state index contributed by atoms with van der Waals surface area (Å²) in [6.45, 7) is 3.58. The second-order valence-electron chi connectivity index (χ2n) is 9.90. The van der Waals surface area contributed by atoms with Crippen LogP contribution >= 0.6 is 0 Å². The summed E-state index contributed by atoms with van der Waals surface area (Å²) in [7, 11) is -1.70. The van der Waals surface area contributed by atoms with Crippen molar-refractivity contribution >= 4 is 33.8 Å². The van der Waals surface area contributed by atoms with Crippen molar-refractivity contribution < 1.29 is 13.4 Å². The molecule has 2 saturated carbocycles. The summed E-state index contributed by atoms with van der Waals surface area (Å²) in [5.41, 5.74) is 1.83. The molecule has 9 heteroatoms. The Morgan fingerprint density at radius 2 is 1.84 bits per heavy atom. The molecule has 1 spiro atoms. The fourth-order valence-corrected chi connectivity index (χ4v) is 7.05. The number of aromatic nitrogens is 3. The highest BCUT2D eigenvalue weighted by molar-refractivity contribution is 7.90. The molecular weight excluding hydrogens is 423 g/mol. The maximum Gasteiger partial charge on any atom is 0.286 e. The van der Waals surface area contributed by atoms with E-state index in [4.69, 9.17) is 0 Å². The van der Waals surface area contributed by atoms with Gasteiger partial charge in [0.25, 0.3) is 16.9 Å². The van der Waals surface area contributed by atoms with Crippen LogP contribution in [0.3, 0.4) is 0 Å². The smallest absolute Gasteiger partial charge is 0.286 e. The third-order valence-corrected chi connectivity index (χ3v) is 9.02. The number of nitrogens with zero attached hydrogens (tertiary/aromatic N) is 4. The molecule has 32 heavy (non-hydrogen) atoms. The van der Waals surface area contributed by atoms with Crippen molar-refractivity contribution in [3.05, 3.63) is 48.4 Å². The molecule has 5 rings (SSSR count).